The fourth-order valence-corrected chi connectivity index (χ4v) is 6.07. The average molecular weight is 388 g/mol. The normalized spacial score (nSPS) is 19.8. The number of hydrogen-bond acceptors (Lipinski definition) is 3. The molecule has 0 unspecified atom stereocenters. The van der Waals surface area contributed by atoms with E-state index in [9.17, 15) is 8.42 Å². The summed E-state index contributed by atoms with van der Waals surface area (Å²) in [5, 5.41) is 4.77. The standard InChI is InChI=1S/C21H29N3O2S/c1-23(18-12-6-3-7-13-18)27(25,26)20-16-24(19-14-8-9-15-19)22-21(20)17-10-4-2-5-11-17/h2,4-5,10-11,16,18-19H,3,6-9,12-15H2,1H3. The summed E-state index contributed by atoms with van der Waals surface area (Å²) in [5.74, 6) is 0. The molecule has 6 heteroatoms. The smallest absolute Gasteiger partial charge is 0.246 e. The van der Waals surface area contributed by atoms with Crippen LogP contribution in [0.5, 0.6) is 0 Å². The van der Waals surface area contributed by atoms with E-state index in [1.807, 2.05) is 35.0 Å². The zero-order valence-electron chi connectivity index (χ0n) is 16.0. The van der Waals surface area contributed by atoms with Crippen LogP contribution in [0.3, 0.4) is 0 Å². The Hall–Kier alpha value is -1.66. The molecular formula is C21H29N3O2S. The van der Waals surface area contributed by atoms with E-state index in [1.54, 1.807) is 17.5 Å². The zero-order chi connectivity index (χ0) is 18.9. The second kappa shape index (κ2) is 7.76. The van der Waals surface area contributed by atoms with Crippen molar-refractivity contribution in [1.29, 1.82) is 0 Å². The minimum atomic E-state index is -3.58. The van der Waals surface area contributed by atoms with Crippen molar-refractivity contribution in [1.82, 2.24) is 14.1 Å². The summed E-state index contributed by atoms with van der Waals surface area (Å²) in [6.45, 7) is 0. The van der Waals surface area contributed by atoms with Crippen molar-refractivity contribution < 1.29 is 8.42 Å². The molecule has 0 radical (unpaired) electrons. The van der Waals surface area contributed by atoms with Crippen molar-refractivity contribution in [3.8, 4) is 11.3 Å². The molecule has 0 aliphatic heterocycles. The van der Waals surface area contributed by atoms with Gasteiger partial charge in [0, 0.05) is 24.8 Å². The van der Waals surface area contributed by atoms with Crippen LogP contribution in [0, 0.1) is 0 Å². The Bertz CT molecular complexity index is 864. The minimum Gasteiger partial charge on any atom is -0.268 e. The van der Waals surface area contributed by atoms with Gasteiger partial charge in [0.15, 0.2) is 0 Å². The maximum Gasteiger partial charge on any atom is 0.246 e. The predicted octanol–water partition coefficient (Wildman–Crippen LogP) is 4.62. The number of sulfonamides is 1. The Morgan fingerprint density at radius 1 is 0.963 bits per heavy atom. The molecule has 0 amide bonds. The van der Waals surface area contributed by atoms with E-state index in [4.69, 9.17) is 5.10 Å². The van der Waals surface area contributed by atoms with Gasteiger partial charge in [0.1, 0.15) is 10.6 Å². The van der Waals surface area contributed by atoms with Crippen LogP contribution in [0.15, 0.2) is 41.4 Å². The van der Waals surface area contributed by atoms with Crippen LogP contribution in [-0.2, 0) is 10.0 Å². The van der Waals surface area contributed by atoms with Gasteiger partial charge in [-0.05, 0) is 25.7 Å². The molecule has 2 aliphatic carbocycles. The fraction of sp³-hybridized carbons (Fsp3) is 0.571. The maximum atomic E-state index is 13.5. The first-order chi connectivity index (χ1) is 13.1. The van der Waals surface area contributed by atoms with E-state index in [0.29, 0.717) is 16.6 Å². The largest absolute Gasteiger partial charge is 0.268 e. The van der Waals surface area contributed by atoms with Gasteiger partial charge in [-0.1, -0.05) is 62.4 Å². The highest BCUT2D eigenvalue weighted by molar-refractivity contribution is 7.89. The first-order valence-electron chi connectivity index (χ1n) is 10.2. The quantitative estimate of drug-likeness (QED) is 0.752. The van der Waals surface area contributed by atoms with Gasteiger partial charge in [0.05, 0.1) is 6.04 Å². The molecule has 2 saturated carbocycles. The Morgan fingerprint density at radius 3 is 2.26 bits per heavy atom. The van der Waals surface area contributed by atoms with Gasteiger partial charge in [0.2, 0.25) is 10.0 Å². The molecule has 0 spiro atoms. The lowest BCUT2D eigenvalue weighted by molar-refractivity contribution is 0.286. The molecule has 2 aliphatic rings. The molecule has 0 bridgehead atoms. The first-order valence-corrected chi connectivity index (χ1v) is 11.6. The third-order valence-electron chi connectivity index (χ3n) is 6.19. The molecule has 2 fully saturated rings. The number of rotatable bonds is 5. The fourth-order valence-electron chi connectivity index (χ4n) is 4.51. The average Bonchev–Trinajstić information content (AvgIpc) is 3.38. The van der Waals surface area contributed by atoms with E-state index in [-0.39, 0.29) is 6.04 Å². The van der Waals surface area contributed by atoms with Gasteiger partial charge >= 0.3 is 0 Å². The molecule has 1 aromatic heterocycles. The van der Waals surface area contributed by atoms with Crippen LogP contribution in [0.1, 0.15) is 63.8 Å². The van der Waals surface area contributed by atoms with E-state index in [0.717, 1.165) is 44.1 Å². The summed E-state index contributed by atoms with van der Waals surface area (Å²) in [6.07, 6.45) is 11.6. The monoisotopic (exact) mass is 387 g/mol. The second-order valence-electron chi connectivity index (χ2n) is 7.94. The third kappa shape index (κ3) is 3.69. The number of nitrogens with zero attached hydrogens (tertiary/aromatic N) is 3. The van der Waals surface area contributed by atoms with Gasteiger partial charge in [-0.25, -0.2) is 8.42 Å². The highest BCUT2D eigenvalue weighted by Gasteiger charge is 2.34. The highest BCUT2D eigenvalue weighted by Crippen LogP contribution is 2.35. The molecule has 27 heavy (non-hydrogen) atoms. The Labute approximate surface area is 162 Å². The van der Waals surface area contributed by atoms with Crippen LogP contribution in [0.4, 0.5) is 0 Å². The van der Waals surface area contributed by atoms with Crippen LogP contribution >= 0.6 is 0 Å². The maximum absolute atomic E-state index is 13.5. The molecule has 2 aromatic rings. The molecule has 1 aromatic carbocycles. The molecule has 0 saturated heterocycles. The summed E-state index contributed by atoms with van der Waals surface area (Å²) < 4.78 is 30.6. The van der Waals surface area contributed by atoms with Crippen molar-refractivity contribution in [2.24, 2.45) is 0 Å². The van der Waals surface area contributed by atoms with Gasteiger partial charge < -0.3 is 0 Å². The number of hydrogen-bond donors (Lipinski definition) is 0. The van der Waals surface area contributed by atoms with Crippen molar-refractivity contribution in [3.05, 3.63) is 36.5 Å². The van der Waals surface area contributed by atoms with Crippen LogP contribution in [0.25, 0.3) is 11.3 Å². The Balaban J connectivity index is 1.75. The van der Waals surface area contributed by atoms with Crippen LogP contribution in [-0.4, -0.2) is 35.6 Å². The lowest BCUT2D eigenvalue weighted by Gasteiger charge is -2.30. The summed E-state index contributed by atoms with van der Waals surface area (Å²) in [6, 6.07) is 10.1. The molecule has 1 heterocycles. The SMILES string of the molecule is CN(C1CCCCC1)S(=O)(=O)c1cn(C2CCCC2)nc1-c1ccccc1. The number of benzene rings is 1. The van der Waals surface area contributed by atoms with Crippen molar-refractivity contribution >= 4 is 10.0 Å². The molecule has 0 atom stereocenters. The van der Waals surface area contributed by atoms with Gasteiger partial charge in [0.25, 0.3) is 0 Å². The molecule has 5 nitrogen and oxygen atoms in total. The Morgan fingerprint density at radius 2 is 1.59 bits per heavy atom. The van der Waals surface area contributed by atoms with Gasteiger partial charge in [-0.3, -0.25) is 4.68 Å². The summed E-state index contributed by atoms with van der Waals surface area (Å²) in [4.78, 5) is 0.355. The van der Waals surface area contributed by atoms with Crippen LogP contribution in [0.2, 0.25) is 0 Å². The number of aromatic nitrogens is 2. The summed E-state index contributed by atoms with van der Waals surface area (Å²) in [5.41, 5.74) is 1.45. The molecular weight excluding hydrogens is 358 g/mol. The molecule has 4 rings (SSSR count). The zero-order valence-corrected chi connectivity index (χ0v) is 16.9. The van der Waals surface area contributed by atoms with Crippen molar-refractivity contribution in [3.63, 3.8) is 0 Å². The minimum absolute atomic E-state index is 0.0993. The predicted molar refractivity (Wildman–Crippen MR) is 107 cm³/mol. The second-order valence-corrected chi connectivity index (χ2v) is 9.91. The topological polar surface area (TPSA) is 55.2 Å². The van der Waals surface area contributed by atoms with Crippen molar-refractivity contribution in [2.45, 2.75) is 74.8 Å². The summed E-state index contributed by atoms with van der Waals surface area (Å²) in [7, 11) is -1.83. The van der Waals surface area contributed by atoms with Crippen LogP contribution < -0.4 is 0 Å². The van der Waals surface area contributed by atoms with E-state index in [2.05, 4.69) is 0 Å². The lowest BCUT2D eigenvalue weighted by Crippen LogP contribution is -2.38. The van der Waals surface area contributed by atoms with Gasteiger partial charge in [-0.2, -0.15) is 9.40 Å². The van der Waals surface area contributed by atoms with Gasteiger partial charge in [-0.15, -0.1) is 0 Å². The summed E-state index contributed by atoms with van der Waals surface area (Å²) >= 11 is 0. The molecule has 146 valence electrons. The van der Waals surface area contributed by atoms with Crippen molar-refractivity contribution in [2.75, 3.05) is 7.05 Å². The third-order valence-corrected chi connectivity index (χ3v) is 8.10. The lowest BCUT2D eigenvalue weighted by atomic mass is 9.96. The Kier molecular flexibility index (Phi) is 5.37. The molecule has 0 N–H and O–H groups in total. The van der Waals surface area contributed by atoms with E-state index in [1.165, 1.54) is 19.3 Å². The van der Waals surface area contributed by atoms with E-state index < -0.39 is 10.0 Å². The van der Waals surface area contributed by atoms with E-state index >= 15 is 0 Å². The first kappa shape index (κ1) is 18.7. The highest BCUT2D eigenvalue weighted by atomic mass is 32.2.